The molecule has 0 aliphatic carbocycles. The van der Waals surface area contributed by atoms with E-state index >= 15 is 0 Å². The molecule has 0 saturated carbocycles. The molecule has 1 heterocycles. The van der Waals surface area contributed by atoms with Crippen LogP contribution in [0.3, 0.4) is 0 Å². The monoisotopic (exact) mass is 318 g/mol. The van der Waals surface area contributed by atoms with E-state index in [0.29, 0.717) is 5.76 Å². The van der Waals surface area contributed by atoms with E-state index in [1.54, 1.807) is 0 Å². The molecule has 25 heavy (non-hydrogen) atoms. The van der Waals surface area contributed by atoms with Crippen molar-refractivity contribution in [3.05, 3.63) is 107 Å². The van der Waals surface area contributed by atoms with Gasteiger partial charge in [-0.2, -0.15) is 0 Å². The summed E-state index contributed by atoms with van der Waals surface area (Å²) in [5.74, 6) is 13.2. The van der Waals surface area contributed by atoms with Crippen molar-refractivity contribution in [1.82, 2.24) is 0 Å². The molecule has 0 bridgehead atoms. The Bertz CT molecular complexity index is 1070. The van der Waals surface area contributed by atoms with Gasteiger partial charge < -0.3 is 4.42 Å². The Morgan fingerprint density at radius 1 is 0.520 bits per heavy atom. The molecule has 0 aliphatic rings. The van der Waals surface area contributed by atoms with Gasteiger partial charge in [-0.25, -0.2) is 0 Å². The lowest BCUT2D eigenvalue weighted by molar-refractivity contribution is 0.601. The summed E-state index contributed by atoms with van der Waals surface area (Å²) < 4.78 is 5.79. The summed E-state index contributed by atoms with van der Waals surface area (Å²) in [5, 5.41) is 1.01. The lowest BCUT2D eigenvalue weighted by atomic mass is 10.1. The molecule has 0 aliphatic heterocycles. The van der Waals surface area contributed by atoms with Gasteiger partial charge in [-0.1, -0.05) is 54.2 Å². The Hall–Kier alpha value is -3.68. The fourth-order valence-electron chi connectivity index (χ4n) is 2.50. The maximum atomic E-state index is 5.79. The zero-order chi connectivity index (χ0) is 16.9. The quantitative estimate of drug-likeness (QED) is 0.405. The highest BCUT2D eigenvalue weighted by atomic mass is 16.3. The van der Waals surface area contributed by atoms with Gasteiger partial charge in [-0.05, 0) is 48.4 Å². The first kappa shape index (κ1) is 14.9. The molecule has 0 saturated heterocycles. The van der Waals surface area contributed by atoms with Crippen molar-refractivity contribution < 1.29 is 4.42 Å². The smallest absolute Gasteiger partial charge is 0.178 e. The van der Waals surface area contributed by atoms with E-state index in [9.17, 15) is 0 Å². The van der Waals surface area contributed by atoms with Gasteiger partial charge in [0.05, 0.1) is 0 Å². The number of rotatable bonds is 0. The molecule has 1 aromatic heterocycles. The maximum absolute atomic E-state index is 5.79. The summed E-state index contributed by atoms with van der Waals surface area (Å²) in [4.78, 5) is 0. The van der Waals surface area contributed by atoms with Crippen LogP contribution in [-0.4, -0.2) is 0 Å². The van der Waals surface area contributed by atoms with Gasteiger partial charge >= 0.3 is 0 Å². The second kappa shape index (κ2) is 6.83. The molecule has 0 amide bonds. The van der Waals surface area contributed by atoms with E-state index in [0.717, 1.165) is 27.7 Å². The van der Waals surface area contributed by atoms with Crippen LogP contribution in [0.15, 0.2) is 89.3 Å². The Labute approximate surface area is 146 Å². The highest BCUT2D eigenvalue weighted by Gasteiger charge is 2.02. The van der Waals surface area contributed by atoms with Crippen LogP contribution in [0, 0.1) is 23.7 Å². The molecule has 0 N–H and O–H groups in total. The average Bonchev–Trinajstić information content (AvgIpc) is 3.08. The lowest BCUT2D eigenvalue weighted by Gasteiger charge is -1.91. The van der Waals surface area contributed by atoms with Gasteiger partial charge in [0.1, 0.15) is 5.58 Å². The van der Waals surface area contributed by atoms with Crippen LogP contribution < -0.4 is 0 Å². The molecular weight excluding hydrogens is 304 g/mol. The van der Waals surface area contributed by atoms with Crippen LogP contribution >= 0.6 is 0 Å². The van der Waals surface area contributed by atoms with E-state index in [2.05, 4.69) is 23.7 Å². The average molecular weight is 318 g/mol. The van der Waals surface area contributed by atoms with Crippen molar-refractivity contribution >= 4 is 11.0 Å². The Kier molecular flexibility index (Phi) is 4.07. The van der Waals surface area contributed by atoms with Crippen LogP contribution in [-0.2, 0) is 0 Å². The van der Waals surface area contributed by atoms with Crippen LogP contribution in [0.25, 0.3) is 11.0 Å². The van der Waals surface area contributed by atoms with E-state index in [1.807, 2.05) is 84.9 Å². The summed E-state index contributed by atoms with van der Waals surface area (Å²) >= 11 is 0. The lowest BCUT2D eigenvalue weighted by Crippen LogP contribution is -1.75. The zero-order valence-electron chi connectivity index (χ0n) is 13.5. The fraction of sp³-hybridized carbons (Fsp3) is 0. The summed E-state index contributed by atoms with van der Waals surface area (Å²) in [5.41, 5.74) is 3.75. The van der Waals surface area contributed by atoms with Crippen LogP contribution in [0.1, 0.15) is 22.5 Å². The molecule has 1 nitrogen and oxygen atoms in total. The van der Waals surface area contributed by atoms with Crippen LogP contribution in [0.4, 0.5) is 0 Å². The summed E-state index contributed by atoms with van der Waals surface area (Å²) in [6.07, 6.45) is 0. The minimum atomic E-state index is 0.659. The largest absolute Gasteiger partial charge is 0.448 e. The molecular formula is C24H14O. The van der Waals surface area contributed by atoms with Crippen molar-refractivity contribution in [2.75, 3.05) is 0 Å². The number of furan rings is 1. The van der Waals surface area contributed by atoms with Gasteiger partial charge in [-0.15, -0.1) is 0 Å². The third kappa shape index (κ3) is 3.63. The van der Waals surface area contributed by atoms with Crippen molar-refractivity contribution in [2.24, 2.45) is 0 Å². The van der Waals surface area contributed by atoms with Crippen molar-refractivity contribution in [2.45, 2.75) is 0 Å². The molecule has 0 unspecified atom stereocenters. The van der Waals surface area contributed by atoms with Crippen molar-refractivity contribution in [3.63, 3.8) is 0 Å². The van der Waals surface area contributed by atoms with Gasteiger partial charge in [0, 0.05) is 28.1 Å². The van der Waals surface area contributed by atoms with E-state index in [1.165, 1.54) is 0 Å². The van der Waals surface area contributed by atoms with E-state index in [4.69, 9.17) is 4.42 Å². The third-order valence-electron chi connectivity index (χ3n) is 3.75. The highest BCUT2D eigenvalue weighted by molar-refractivity contribution is 5.80. The first-order valence-corrected chi connectivity index (χ1v) is 8.04. The standard InChI is InChI=1S/C24H14O/c1-3-7-19(8-4-1)11-12-21-14-16-24-22(17-21)18-23(25-24)15-13-20-9-5-2-6-10-20/h1-10,14,16-18H. The summed E-state index contributed by atoms with van der Waals surface area (Å²) in [7, 11) is 0. The minimum Gasteiger partial charge on any atom is -0.448 e. The Morgan fingerprint density at radius 3 is 1.80 bits per heavy atom. The number of benzene rings is 3. The molecule has 0 fully saturated rings. The Morgan fingerprint density at radius 2 is 1.12 bits per heavy atom. The molecule has 0 atom stereocenters. The number of hydrogen-bond donors (Lipinski definition) is 0. The highest BCUT2D eigenvalue weighted by Crippen LogP contribution is 2.20. The van der Waals surface area contributed by atoms with E-state index in [-0.39, 0.29) is 0 Å². The van der Waals surface area contributed by atoms with Crippen molar-refractivity contribution in [3.8, 4) is 23.7 Å². The van der Waals surface area contributed by atoms with Gasteiger partial charge in [0.25, 0.3) is 0 Å². The second-order valence-electron chi connectivity index (χ2n) is 5.60. The molecule has 0 spiro atoms. The van der Waals surface area contributed by atoms with Crippen LogP contribution in [0.2, 0.25) is 0 Å². The number of hydrogen-bond acceptors (Lipinski definition) is 1. The molecule has 3 aromatic carbocycles. The predicted octanol–water partition coefficient (Wildman–Crippen LogP) is 5.23. The second-order valence-corrected chi connectivity index (χ2v) is 5.60. The molecule has 0 radical (unpaired) electrons. The molecule has 4 aromatic rings. The SMILES string of the molecule is C(#Cc1ccc2oc(C#Cc3ccccc3)cc2c1)c1ccccc1. The maximum Gasteiger partial charge on any atom is 0.178 e. The van der Waals surface area contributed by atoms with Gasteiger partial charge in [-0.3, -0.25) is 0 Å². The normalized spacial score (nSPS) is 9.76. The topological polar surface area (TPSA) is 13.1 Å². The Balaban J connectivity index is 1.62. The third-order valence-corrected chi connectivity index (χ3v) is 3.75. The van der Waals surface area contributed by atoms with Gasteiger partial charge in [0.15, 0.2) is 5.76 Å². The number of fused-ring (bicyclic) bond motifs is 1. The molecule has 1 heteroatoms. The summed E-state index contributed by atoms with van der Waals surface area (Å²) in [6, 6.07) is 27.7. The van der Waals surface area contributed by atoms with E-state index < -0.39 is 0 Å². The first-order chi connectivity index (χ1) is 12.4. The van der Waals surface area contributed by atoms with Gasteiger partial charge in [0.2, 0.25) is 0 Å². The predicted molar refractivity (Wildman–Crippen MR) is 101 cm³/mol. The molecule has 4 rings (SSSR count). The summed E-state index contributed by atoms with van der Waals surface area (Å²) in [6.45, 7) is 0. The van der Waals surface area contributed by atoms with Crippen LogP contribution in [0.5, 0.6) is 0 Å². The fourth-order valence-corrected chi connectivity index (χ4v) is 2.50. The minimum absolute atomic E-state index is 0.659. The first-order valence-electron chi connectivity index (χ1n) is 8.04. The van der Waals surface area contributed by atoms with Crippen molar-refractivity contribution in [1.29, 1.82) is 0 Å². The molecule has 116 valence electrons. The zero-order valence-corrected chi connectivity index (χ0v) is 13.5.